The van der Waals surface area contributed by atoms with Gasteiger partial charge in [0.1, 0.15) is 0 Å². The Kier molecular flexibility index (Phi) is 5.71. The van der Waals surface area contributed by atoms with Crippen LogP contribution in [0.5, 0.6) is 0 Å². The largest absolute Gasteiger partial charge is 0.469 e. The van der Waals surface area contributed by atoms with Crippen molar-refractivity contribution in [1.82, 2.24) is 0 Å². The lowest BCUT2D eigenvalue weighted by Crippen LogP contribution is -2.57. The van der Waals surface area contributed by atoms with Crippen molar-refractivity contribution in [1.29, 1.82) is 0 Å². The van der Waals surface area contributed by atoms with Gasteiger partial charge in [0.25, 0.3) is 0 Å². The molecule has 6 aliphatic rings. The fourth-order valence-electron chi connectivity index (χ4n) is 12.4. The second-order valence-electron chi connectivity index (χ2n) is 16.0. The monoisotopic (exact) mass is 512 g/mol. The molecule has 0 saturated heterocycles. The molecule has 5 fully saturated rings. The molecule has 2 spiro atoms. The topological polar surface area (TPSA) is 71.2 Å². The molecular weight excluding hydrogens is 460 g/mol. The summed E-state index contributed by atoms with van der Waals surface area (Å²) in [6.45, 7) is 15.4. The summed E-state index contributed by atoms with van der Waals surface area (Å²) in [4.78, 5) is 12.1. The molecule has 0 aromatic rings. The maximum atomic E-state index is 12.1. The van der Waals surface area contributed by atoms with Gasteiger partial charge in [0.05, 0.1) is 31.7 Å². The van der Waals surface area contributed by atoms with Crippen LogP contribution in [0.4, 0.5) is 0 Å². The first-order valence-electron chi connectivity index (χ1n) is 15.4. The minimum atomic E-state index is -0.419. The minimum absolute atomic E-state index is 0.0648. The van der Waals surface area contributed by atoms with Gasteiger partial charge in [0.2, 0.25) is 0 Å². The van der Waals surface area contributed by atoms with Crippen LogP contribution in [0.2, 0.25) is 0 Å². The minimum Gasteiger partial charge on any atom is -0.469 e. The third-order valence-corrected chi connectivity index (χ3v) is 14.7. The molecule has 0 aromatic heterocycles. The van der Waals surface area contributed by atoms with Crippen LogP contribution in [-0.2, 0) is 9.53 Å². The lowest BCUT2D eigenvalue weighted by molar-refractivity contribution is -0.161. The molecule has 1 heterocycles. The van der Waals surface area contributed by atoms with Crippen LogP contribution in [0.25, 0.3) is 0 Å². The Labute approximate surface area is 225 Å². The van der Waals surface area contributed by atoms with Crippen LogP contribution in [0.1, 0.15) is 112 Å². The normalized spacial score (nSPS) is 54.0. The zero-order valence-corrected chi connectivity index (χ0v) is 24.6. The number of nitrogens with zero attached hydrogens (tertiary/aromatic N) is 2. The molecule has 0 amide bonds. The lowest BCUT2D eigenvalue weighted by Gasteiger charge is -2.63. The number of aliphatic hydroxyl groups excluding tert-OH is 1. The highest BCUT2D eigenvalue weighted by atomic mass is 16.5. The van der Waals surface area contributed by atoms with E-state index in [4.69, 9.17) is 4.74 Å². The number of hydrogen-bond acceptors (Lipinski definition) is 5. The number of methoxy groups -OCH3 is 1. The van der Waals surface area contributed by atoms with Gasteiger partial charge in [-0.15, -0.1) is 0 Å². The highest BCUT2D eigenvalue weighted by molar-refractivity contribution is 5.70. The Morgan fingerprint density at radius 2 is 1.65 bits per heavy atom. The summed E-state index contributed by atoms with van der Waals surface area (Å²) >= 11 is 0. The molecule has 11 unspecified atom stereocenters. The Morgan fingerprint density at radius 1 is 0.946 bits per heavy atom. The van der Waals surface area contributed by atoms with E-state index in [1.165, 1.54) is 58.5 Å². The van der Waals surface area contributed by atoms with Gasteiger partial charge in [0.15, 0.2) is 0 Å². The van der Waals surface area contributed by atoms with E-state index in [2.05, 4.69) is 51.8 Å². The van der Waals surface area contributed by atoms with E-state index in [0.717, 1.165) is 31.2 Å². The number of carbonyl (C=O) groups excluding carboxylic acids is 1. The fourth-order valence-corrected chi connectivity index (χ4v) is 12.4. The third kappa shape index (κ3) is 3.21. The van der Waals surface area contributed by atoms with E-state index in [9.17, 15) is 9.90 Å². The summed E-state index contributed by atoms with van der Waals surface area (Å²) in [5.41, 5.74) is 1.50. The van der Waals surface area contributed by atoms with Crippen molar-refractivity contribution < 1.29 is 14.6 Å². The smallest absolute Gasteiger partial charge is 0.308 e. The predicted octanol–water partition coefficient (Wildman–Crippen LogP) is 7.22. The number of carbonyl (C=O) groups is 1. The highest BCUT2D eigenvalue weighted by Gasteiger charge is 2.82. The number of aliphatic hydroxyl groups is 1. The lowest BCUT2D eigenvalue weighted by atomic mass is 9.41. The number of fused-ring (bicyclic) bond motifs is 2. The third-order valence-electron chi connectivity index (χ3n) is 14.7. The van der Waals surface area contributed by atoms with Crippen LogP contribution in [-0.4, -0.2) is 36.4 Å². The summed E-state index contributed by atoms with van der Waals surface area (Å²) in [7, 11) is 1.47. The molecule has 11 atom stereocenters. The molecule has 1 N–H and O–H groups in total. The van der Waals surface area contributed by atoms with Gasteiger partial charge >= 0.3 is 5.97 Å². The fraction of sp³-hybridized carbons (Fsp3) is 0.969. The van der Waals surface area contributed by atoms with Crippen molar-refractivity contribution in [3.05, 3.63) is 0 Å². The van der Waals surface area contributed by atoms with Crippen molar-refractivity contribution in [3.63, 3.8) is 0 Å². The molecule has 0 bridgehead atoms. The summed E-state index contributed by atoms with van der Waals surface area (Å²) in [5.74, 6) is 3.04. The zero-order chi connectivity index (χ0) is 26.6. The number of ether oxygens (including phenoxy) is 1. The number of rotatable bonds is 5. The first-order valence-corrected chi connectivity index (χ1v) is 15.4. The first-order chi connectivity index (χ1) is 17.3. The van der Waals surface area contributed by atoms with Crippen molar-refractivity contribution in [3.8, 4) is 0 Å². The standard InChI is InChI=1S/C32H52N2O3/c1-20(16-21-18-33-34-30(21,6)17-26(36)37-7)22-10-12-29(5)24-9-8-23-27(2,3)25(35)11-13-31(23)19-32(24,31)15-14-28(22,29)4/h20-25,35H,8-19H2,1-7H3. The van der Waals surface area contributed by atoms with Crippen molar-refractivity contribution >= 4 is 5.97 Å². The number of azo groups is 1. The average Bonchev–Trinajstić information content (AvgIpc) is 3.26. The Balaban J connectivity index is 1.22. The van der Waals surface area contributed by atoms with Gasteiger partial charge in [-0.25, -0.2) is 0 Å². The van der Waals surface area contributed by atoms with Crippen LogP contribution in [0.15, 0.2) is 10.2 Å². The molecular formula is C32H52N2O3. The van der Waals surface area contributed by atoms with Crippen molar-refractivity contribution in [2.24, 2.45) is 66.9 Å². The van der Waals surface area contributed by atoms with E-state index in [1.807, 2.05) is 0 Å². The molecule has 0 aromatic carbocycles. The summed E-state index contributed by atoms with van der Waals surface area (Å²) in [6, 6.07) is 0. The molecule has 6 rings (SSSR count). The van der Waals surface area contributed by atoms with Crippen LogP contribution < -0.4 is 0 Å². The zero-order valence-electron chi connectivity index (χ0n) is 24.6. The van der Waals surface area contributed by atoms with Gasteiger partial charge in [-0.1, -0.05) is 34.6 Å². The van der Waals surface area contributed by atoms with Crippen molar-refractivity contribution in [2.75, 3.05) is 13.7 Å². The summed E-state index contributed by atoms with van der Waals surface area (Å²) in [5, 5.41) is 19.9. The van der Waals surface area contributed by atoms with E-state index in [0.29, 0.717) is 45.8 Å². The molecule has 1 aliphatic heterocycles. The Morgan fingerprint density at radius 3 is 2.38 bits per heavy atom. The van der Waals surface area contributed by atoms with Crippen molar-refractivity contribution in [2.45, 2.75) is 124 Å². The van der Waals surface area contributed by atoms with Gasteiger partial charge in [0, 0.05) is 5.92 Å². The second kappa shape index (κ2) is 8.04. The Bertz CT molecular complexity index is 995. The van der Waals surface area contributed by atoms with Crippen LogP contribution >= 0.6 is 0 Å². The summed E-state index contributed by atoms with van der Waals surface area (Å²) < 4.78 is 5.00. The van der Waals surface area contributed by atoms with Gasteiger partial charge in [-0.3, -0.25) is 4.79 Å². The average molecular weight is 513 g/mol. The molecule has 5 aliphatic carbocycles. The summed E-state index contributed by atoms with van der Waals surface area (Å²) in [6.07, 6.45) is 13.2. The van der Waals surface area contributed by atoms with E-state index in [-0.39, 0.29) is 17.5 Å². The van der Waals surface area contributed by atoms with E-state index < -0.39 is 5.54 Å². The quantitative estimate of drug-likeness (QED) is 0.395. The maximum absolute atomic E-state index is 12.1. The van der Waals surface area contributed by atoms with Crippen LogP contribution in [0.3, 0.4) is 0 Å². The molecule has 37 heavy (non-hydrogen) atoms. The molecule has 0 radical (unpaired) electrons. The van der Waals surface area contributed by atoms with E-state index >= 15 is 0 Å². The molecule has 5 saturated carbocycles. The molecule has 208 valence electrons. The molecule has 5 nitrogen and oxygen atoms in total. The maximum Gasteiger partial charge on any atom is 0.308 e. The molecule has 5 heteroatoms. The van der Waals surface area contributed by atoms with E-state index in [1.54, 1.807) is 0 Å². The number of esters is 1. The van der Waals surface area contributed by atoms with Gasteiger partial charge < -0.3 is 9.84 Å². The van der Waals surface area contributed by atoms with Crippen LogP contribution in [0, 0.1) is 56.7 Å². The Hall–Kier alpha value is -0.970. The van der Waals surface area contributed by atoms with Gasteiger partial charge in [-0.05, 0) is 122 Å². The first kappa shape index (κ1) is 26.3. The SMILES string of the molecule is COC(=O)CC1(C)N=NCC1CC(C)C1CCC2(C)C3CCC4C(C)(C)C(O)CCC45CC35CCC12C. The van der Waals surface area contributed by atoms with Gasteiger partial charge in [-0.2, -0.15) is 10.2 Å². The number of hydrogen-bond donors (Lipinski definition) is 1. The highest BCUT2D eigenvalue weighted by Crippen LogP contribution is 2.89. The predicted molar refractivity (Wildman–Crippen MR) is 145 cm³/mol. The second-order valence-corrected chi connectivity index (χ2v) is 16.0.